The van der Waals surface area contributed by atoms with E-state index in [9.17, 15) is 19.5 Å². The Labute approximate surface area is 546 Å². The van der Waals surface area contributed by atoms with Crippen molar-refractivity contribution >= 4 is 17.9 Å². The van der Waals surface area contributed by atoms with Crippen LogP contribution in [0.3, 0.4) is 0 Å². The van der Waals surface area contributed by atoms with E-state index in [1.165, 1.54) is 283 Å². The summed E-state index contributed by atoms with van der Waals surface area (Å²) in [7, 11) is 5.94. The minimum atomic E-state index is -1.62. The third kappa shape index (κ3) is 70.7. The van der Waals surface area contributed by atoms with Gasteiger partial charge >= 0.3 is 11.9 Å². The van der Waals surface area contributed by atoms with E-state index in [4.69, 9.17) is 18.9 Å². The molecule has 0 amide bonds. The number of esters is 2. The molecule has 0 aromatic carbocycles. The number of hydrogen-bond donors (Lipinski definition) is 0. The number of aliphatic carboxylic acids is 1. The molecule has 9 heteroatoms. The number of nitrogens with zero attached hydrogens (tertiary/aromatic N) is 1. The predicted molar refractivity (Wildman–Crippen MR) is 376 cm³/mol. The maximum Gasteiger partial charge on any atom is 0.306 e. The number of likely N-dealkylation sites (N-methyl/N-ethyl adjacent to an activating group) is 1. The van der Waals surface area contributed by atoms with Gasteiger partial charge in [-0.25, -0.2) is 0 Å². The Balaban J connectivity index is 3.96. The zero-order valence-electron chi connectivity index (χ0n) is 59.1. The van der Waals surface area contributed by atoms with Crippen LogP contribution in [0.5, 0.6) is 0 Å². The highest BCUT2D eigenvalue weighted by Crippen LogP contribution is 2.20. The second-order valence-electron chi connectivity index (χ2n) is 27.3. The molecule has 0 aliphatic heterocycles. The average Bonchev–Trinajstić information content (AvgIpc) is 3.62. The molecule has 516 valence electrons. The second-order valence-corrected chi connectivity index (χ2v) is 27.3. The summed E-state index contributed by atoms with van der Waals surface area (Å²) in [6, 6.07) is 0. The van der Waals surface area contributed by atoms with Crippen molar-refractivity contribution in [2.45, 2.75) is 392 Å². The van der Waals surface area contributed by atoms with Gasteiger partial charge in [-0.1, -0.05) is 364 Å². The summed E-state index contributed by atoms with van der Waals surface area (Å²) < 4.78 is 22.8. The molecule has 0 aromatic rings. The second kappa shape index (κ2) is 70.1. The third-order valence-electron chi connectivity index (χ3n) is 17.3. The van der Waals surface area contributed by atoms with Crippen LogP contribution >= 0.6 is 0 Å². The number of ether oxygens (including phenoxy) is 4. The first kappa shape index (κ1) is 85.2. The van der Waals surface area contributed by atoms with E-state index in [2.05, 4.69) is 62.5 Å². The quantitative estimate of drug-likeness (QED) is 0.0195. The maximum atomic E-state index is 12.9. The molecule has 9 nitrogen and oxygen atoms in total. The average molecular weight is 1240 g/mol. The summed E-state index contributed by atoms with van der Waals surface area (Å²) >= 11 is 0. The van der Waals surface area contributed by atoms with Gasteiger partial charge in [0.05, 0.1) is 40.3 Å². The number of carboxylic acids is 1. The maximum absolute atomic E-state index is 12.9. The summed E-state index contributed by atoms with van der Waals surface area (Å²) in [5.74, 6) is -2.26. The molecular weight excluding hydrogens is 1090 g/mol. The van der Waals surface area contributed by atoms with Gasteiger partial charge in [0.15, 0.2) is 12.4 Å². The van der Waals surface area contributed by atoms with Crippen molar-refractivity contribution in [1.82, 2.24) is 0 Å². The topological polar surface area (TPSA) is 111 Å². The lowest BCUT2D eigenvalue weighted by molar-refractivity contribution is -0.870. The van der Waals surface area contributed by atoms with Crippen molar-refractivity contribution in [3.63, 3.8) is 0 Å². The third-order valence-corrected chi connectivity index (χ3v) is 17.3. The van der Waals surface area contributed by atoms with Crippen molar-refractivity contribution in [3.8, 4) is 0 Å². The fourth-order valence-electron chi connectivity index (χ4n) is 11.5. The van der Waals surface area contributed by atoms with E-state index in [1.54, 1.807) is 0 Å². The first-order valence-electron chi connectivity index (χ1n) is 38.3. The Bertz CT molecular complexity index is 1580. The van der Waals surface area contributed by atoms with Gasteiger partial charge in [-0.2, -0.15) is 0 Å². The van der Waals surface area contributed by atoms with Crippen LogP contribution in [-0.4, -0.2) is 82.3 Å². The molecule has 2 unspecified atom stereocenters. The zero-order chi connectivity index (χ0) is 64.0. The van der Waals surface area contributed by atoms with Crippen molar-refractivity contribution in [1.29, 1.82) is 0 Å². The van der Waals surface area contributed by atoms with E-state index in [1.807, 2.05) is 21.1 Å². The number of allylic oxidation sites excluding steroid dienone is 8. The predicted octanol–water partition coefficient (Wildman–Crippen LogP) is 22.8. The molecule has 0 fully saturated rings. The highest BCUT2D eigenvalue weighted by atomic mass is 16.7. The van der Waals surface area contributed by atoms with Crippen LogP contribution in [0.4, 0.5) is 0 Å². The number of quaternary nitrogens is 1. The van der Waals surface area contributed by atoms with Crippen molar-refractivity contribution in [3.05, 3.63) is 48.6 Å². The number of carbonyl (C=O) groups is 3. The Kier molecular flexibility index (Phi) is 67.9. The molecule has 0 N–H and O–H groups in total. The monoisotopic (exact) mass is 1240 g/mol. The Morgan fingerprint density at radius 1 is 0.352 bits per heavy atom. The van der Waals surface area contributed by atoms with Gasteiger partial charge in [0.2, 0.25) is 0 Å². The van der Waals surface area contributed by atoms with Crippen LogP contribution in [0.15, 0.2) is 48.6 Å². The van der Waals surface area contributed by atoms with Crippen LogP contribution in [-0.2, 0) is 33.3 Å². The largest absolute Gasteiger partial charge is 0.545 e. The molecule has 0 aliphatic rings. The van der Waals surface area contributed by atoms with E-state index >= 15 is 0 Å². The summed E-state index contributed by atoms with van der Waals surface area (Å²) in [6.07, 6.45) is 88.1. The SMILES string of the molecule is CC/C=C\C/C=C\C/C=C\C/C=C\CCCCCCCCCCCCCCC(=O)OC(COC(=O)CCCCCCCCCCCCCCCCCCCCCCCCCCCCCCCCCCCCCCCC)COC(OCC[N+](C)(C)C)C(=O)[O-]. The molecule has 0 heterocycles. The Morgan fingerprint density at radius 2 is 0.648 bits per heavy atom. The zero-order valence-corrected chi connectivity index (χ0v) is 59.1. The molecule has 0 radical (unpaired) electrons. The van der Waals surface area contributed by atoms with E-state index in [0.717, 1.165) is 64.2 Å². The van der Waals surface area contributed by atoms with Gasteiger partial charge in [-0.3, -0.25) is 9.59 Å². The lowest BCUT2D eigenvalue weighted by atomic mass is 10.0. The smallest absolute Gasteiger partial charge is 0.306 e. The van der Waals surface area contributed by atoms with Gasteiger partial charge in [0.25, 0.3) is 0 Å². The van der Waals surface area contributed by atoms with Crippen molar-refractivity contribution < 1.29 is 42.9 Å². The molecule has 88 heavy (non-hydrogen) atoms. The fourth-order valence-corrected chi connectivity index (χ4v) is 11.5. The summed E-state index contributed by atoms with van der Waals surface area (Å²) in [6.45, 7) is 4.70. The Morgan fingerprint density at radius 3 is 0.966 bits per heavy atom. The molecule has 2 atom stereocenters. The normalized spacial score (nSPS) is 12.9. The number of unbranched alkanes of at least 4 members (excludes halogenated alkanes) is 49. The van der Waals surface area contributed by atoms with Gasteiger partial charge < -0.3 is 33.3 Å². The number of carbonyl (C=O) groups excluding carboxylic acids is 3. The molecule has 0 bridgehead atoms. The highest BCUT2D eigenvalue weighted by Gasteiger charge is 2.22. The lowest BCUT2D eigenvalue weighted by Crippen LogP contribution is -2.44. The van der Waals surface area contributed by atoms with Gasteiger partial charge in [-0.05, 0) is 51.4 Å². The van der Waals surface area contributed by atoms with E-state index < -0.39 is 24.3 Å². The molecule has 0 saturated carbocycles. The minimum Gasteiger partial charge on any atom is -0.545 e. The molecule has 0 aliphatic carbocycles. The van der Waals surface area contributed by atoms with E-state index in [0.29, 0.717) is 23.9 Å². The first-order chi connectivity index (χ1) is 43.1. The number of carboxylic acid groups (broad SMARTS) is 1. The molecule has 0 spiro atoms. The van der Waals surface area contributed by atoms with Gasteiger partial charge in [0, 0.05) is 12.8 Å². The number of hydrogen-bond acceptors (Lipinski definition) is 8. The van der Waals surface area contributed by atoms with Crippen molar-refractivity contribution in [2.24, 2.45) is 0 Å². The summed E-state index contributed by atoms with van der Waals surface area (Å²) in [5.41, 5.74) is 0. The molecule has 0 rings (SSSR count). The molecular formula is C79H147NO8. The fraction of sp³-hybridized carbons (Fsp3) is 0.861. The van der Waals surface area contributed by atoms with Crippen LogP contribution in [0.1, 0.15) is 380 Å². The van der Waals surface area contributed by atoms with Crippen LogP contribution in [0, 0.1) is 0 Å². The van der Waals surface area contributed by atoms with Gasteiger partial charge in [-0.15, -0.1) is 0 Å². The standard InChI is InChI=1S/C79H147NO8/c1-6-8-10-12-14-16-18-20-22-24-26-28-30-32-33-34-35-36-37-38-39-40-41-42-43-44-46-47-49-51-53-55-57-59-61-63-65-67-69-76(81)86-73-75(74-87-79(78(83)84)85-72-71-80(3,4)5)88-77(82)70-68-66-64-62-60-58-56-54-52-50-48-45-31-29-27-25-23-21-19-17-15-13-11-9-7-2/h9,11,15,17,21,23,27,29,75,79H,6-8,10,12-14,16,18-20,22,24-26,28,30-74H2,1-5H3/b11-9-,17-15-,23-21-,29-27-. The number of rotatable bonds is 72. The van der Waals surface area contributed by atoms with Crippen molar-refractivity contribution in [2.75, 3.05) is 47.5 Å². The van der Waals surface area contributed by atoms with E-state index in [-0.39, 0.29) is 32.2 Å². The minimum absolute atomic E-state index is 0.148. The summed E-state index contributed by atoms with van der Waals surface area (Å²) in [5, 5.41) is 11.8. The molecule has 0 aromatic heterocycles. The first-order valence-corrected chi connectivity index (χ1v) is 38.3. The van der Waals surface area contributed by atoms with Crippen LogP contribution < -0.4 is 5.11 Å². The molecule has 0 saturated heterocycles. The van der Waals surface area contributed by atoms with Gasteiger partial charge in [0.1, 0.15) is 13.2 Å². The lowest BCUT2D eigenvalue weighted by Gasteiger charge is -2.26. The summed E-state index contributed by atoms with van der Waals surface area (Å²) in [4.78, 5) is 37.5. The highest BCUT2D eigenvalue weighted by molar-refractivity contribution is 5.70. The Hall–Kier alpha value is -2.75. The van der Waals surface area contributed by atoms with Crippen LogP contribution in [0.25, 0.3) is 0 Å². The van der Waals surface area contributed by atoms with Crippen LogP contribution in [0.2, 0.25) is 0 Å².